The minimum Gasteiger partial charge on any atom is -0.457 e. The summed E-state index contributed by atoms with van der Waals surface area (Å²) in [5, 5.41) is 23.1. The summed E-state index contributed by atoms with van der Waals surface area (Å²) in [4.78, 5) is 36.5. The van der Waals surface area contributed by atoms with Crippen molar-refractivity contribution < 1.29 is 29.3 Å². The number of esters is 1. The lowest BCUT2D eigenvalue weighted by Crippen LogP contribution is -2.65. The van der Waals surface area contributed by atoms with Gasteiger partial charge in [0.05, 0.1) is 6.10 Å². The molecule has 0 unspecified atom stereocenters. The molecule has 3 fully saturated rings. The van der Waals surface area contributed by atoms with Crippen LogP contribution in [-0.2, 0) is 19.1 Å². The van der Waals surface area contributed by atoms with E-state index < -0.39 is 35.5 Å². The van der Waals surface area contributed by atoms with Crippen LogP contribution in [0.1, 0.15) is 65.7 Å². The van der Waals surface area contributed by atoms with Crippen LogP contribution in [0.4, 0.5) is 0 Å². The Morgan fingerprint density at radius 2 is 1.90 bits per heavy atom. The van der Waals surface area contributed by atoms with Crippen LogP contribution in [0, 0.1) is 28.1 Å². The molecule has 31 heavy (non-hydrogen) atoms. The van der Waals surface area contributed by atoms with E-state index in [0.717, 1.165) is 24.8 Å². The van der Waals surface area contributed by atoms with Crippen LogP contribution in [0.5, 0.6) is 0 Å². The summed E-state index contributed by atoms with van der Waals surface area (Å²) in [6.07, 6.45) is 5.21. The molecule has 7 atom stereocenters. The topological polar surface area (TPSA) is 101 Å². The standard InChI is InChI=1S/C24H33ClO6/c1-21-8-5-15(26)10-14(21)4-7-22(2)17-6-9-24(30,18(28)13-31-19(29)12-25)23(17,3)11-16(27)20(21)22/h10,16-17,20,27,30H,4-9,11-13H2,1-3H3/t16-,17-,20+,21-,22-,23-,24-/m0/s1. The molecule has 4 aliphatic rings. The molecule has 0 aromatic carbocycles. The van der Waals surface area contributed by atoms with Gasteiger partial charge in [0.25, 0.3) is 0 Å². The normalized spacial score (nSPS) is 46.5. The summed E-state index contributed by atoms with van der Waals surface area (Å²) in [5.41, 5.74) is -1.84. The molecule has 2 N–H and O–H groups in total. The van der Waals surface area contributed by atoms with Gasteiger partial charge < -0.3 is 14.9 Å². The van der Waals surface area contributed by atoms with E-state index in [0.29, 0.717) is 25.7 Å². The highest BCUT2D eigenvalue weighted by Gasteiger charge is 2.71. The van der Waals surface area contributed by atoms with Crippen molar-refractivity contribution in [2.75, 3.05) is 12.5 Å². The van der Waals surface area contributed by atoms with E-state index in [1.807, 2.05) is 6.92 Å². The molecular formula is C24H33ClO6. The van der Waals surface area contributed by atoms with Crippen LogP contribution < -0.4 is 0 Å². The predicted octanol–water partition coefficient (Wildman–Crippen LogP) is 2.96. The molecule has 0 spiro atoms. The highest BCUT2D eigenvalue weighted by molar-refractivity contribution is 6.26. The molecule has 4 aliphatic carbocycles. The number of halogens is 1. The first-order valence-electron chi connectivity index (χ1n) is 11.3. The minimum absolute atomic E-state index is 0.0299. The van der Waals surface area contributed by atoms with Crippen molar-refractivity contribution in [1.29, 1.82) is 0 Å². The maximum Gasteiger partial charge on any atom is 0.321 e. The maximum atomic E-state index is 13.0. The fraction of sp³-hybridized carbons (Fsp3) is 0.792. The Hall–Kier alpha value is -1.24. The number of rotatable bonds is 4. The average Bonchev–Trinajstić information content (AvgIpc) is 2.98. The Kier molecular flexibility index (Phi) is 5.47. The van der Waals surface area contributed by atoms with Gasteiger partial charge in [0.1, 0.15) is 11.5 Å². The SMILES string of the molecule is C[C@@]12CCC3=CC(=O)CC[C@]3(C)[C@H]1[C@@H](O)C[C@@]1(C)[C@H]2CC[C@]1(O)C(=O)COC(=O)CCl. The number of alkyl halides is 1. The van der Waals surface area contributed by atoms with Crippen LogP contribution in [0.3, 0.4) is 0 Å². The molecule has 0 aliphatic heterocycles. The van der Waals surface area contributed by atoms with Gasteiger partial charge in [-0.15, -0.1) is 11.6 Å². The Balaban J connectivity index is 1.68. The average molecular weight is 453 g/mol. The summed E-state index contributed by atoms with van der Waals surface area (Å²) in [6.45, 7) is 5.78. The second-order valence-electron chi connectivity index (χ2n) is 10.9. The Bertz CT molecular complexity index is 853. The van der Waals surface area contributed by atoms with Crippen molar-refractivity contribution in [2.45, 2.75) is 77.4 Å². The quantitative estimate of drug-likeness (QED) is 0.502. The zero-order chi connectivity index (χ0) is 22.8. The smallest absolute Gasteiger partial charge is 0.321 e. The first-order valence-corrected chi connectivity index (χ1v) is 11.8. The number of ketones is 2. The number of allylic oxidation sites excluding steroid dienone is 1. The summed E-state index contributed by atoms with van der Waals surface area (Å²) in [5.74, 6) is -1.38. The maximum absolute atomic E-state index is 13.0. The fourth-order valence-electron chi connectivity index (χ4n) is 8.16. The Morgan fingerprint density at radius 1 is 1.19 bits per heavy atom. The van der Waals surface area contributed by atoms with Crippen molar-refractivity contribution >= 4 is 29.1 Å². The van der Waals surface area contributed by atoms with Gasteiger partial charge in [0.2, 0.25) is 5.78 Å². The number of aliphatic hydroxyl groups excluding tert-OH is 1. The van der Waals surface area contributed by atoms with Crippen molar-refractivity contribution in [3.63, 3.8) is 0 Å². The molecule has 0 amide bonds. The Morgan fingerprint density at radius 3 is 2.58 bits per heavy atom. The first kappa shape index (κ1) is 22.9. The number of ether oxygens (including phenoxy) is 1. The second kappa shape index (κ2) is 7.39. The molecule has 0 aromatic rings. The predicted molar refractivity (Wildman–Crippen MR) is 114 cm³/mol. The van der Waals surface area contributed by atoms with Gasteiger partial charge >= 0.3 is 5.97 Å². The van der Waals surface area contributed by atoms with Gasteiger partial charge in [-0.25, -0.2) is 0 Å². The first-order chi connectivity index (χ1) is 14.4. The largest absolute Gasteiger partial charge is 0.457 e. The number of fused-ring (bicyclic) bond motifs is 5. The molecule has 0 radical (unpaired) electrons. The van der Waals surface area contributed by atoms with Gasteiger partial charge in [-0.1, -0.05) is 26.3 Å². The number of hydrogen-bond acceptors (Lipinski definition) is 6. The number of carbonyl (C=O) groups excluding carboxylic acids is 3. The molecule has 4 rings (SSSR count). The van der Waals surface area contributed by atoms with Crippen LogP contribution in [-0.4, -0.2) is 51.9 Å². The number of Topliss-reactive ketones (excluding diaryl/α,β-unsaturated/α-hetero) is 1. The molecular weight excluding hydrogens is 420 g/mol. The molecule has 172 valence electrons. The third kappa shape index (κ3) is 3.08. The van der Waals surface area contributed by atoms with Crippen molar-refractivity contribution in [2.24, 2.45) is 28.1 Å². The zero-order valence-electron chi connectivity index (χ0n) is 18.6. The van der Waals surface area contributed by atoms with Gasteiger partial charge in [-0.3, -0.25) is 14.4 Å². The second-order valence-corrected chi connectivity index (χ2v) is 11.2. The van der Waals surface area contributed by atoms with Crippen molar-refractivity contribution in [3.8, 4) is 0 Å². The third-order valence-corrected chi connectivity index (χ3v) is 9.77. The van der Waals surface area contributed by atoms with E-state index >= 15 is 0 Å². The highest BCUT2D eigenvalue weighted by Crippen LogP contribution is 2.72. The Labute approximate surface area is 188 Å². The van der Waals surface area contributed by atoms with Crippen molar-refractivity contribution in [3.05, 3.63) is 11.6 Å². The van der Waals surface area contributed by atoms with E-state index in [4.69, 9.17) is 16.3 Å². The summed E-state index contributed by atoms with van der Waals surface area (Å²) in [6, 6.07) is 0. The van der Waals surface area contributed by atoms with Crippen LogP contribution >= 0.6 is 11.6 Å². The molecule has 7 heteroatoms. The molecule has 0 aromatic heterocycles. The summed E-state index contributed by atoms with van der Waals surface area (Å²) in [7, 11) is 0. The van der Waals surface area contributed by atoms with Gasteiger partial charge in [-0.2, -0.15) is 0 Å². The van der Waals surface area contributed by atoms with E-state index in [2.05, 4.69) is 13.8 Å². The van der Waals surface area contributed by atoms with Crippen molar-refractivity contribution in [1.82, 2.24) is 0 Å². The third-order valence-electron chi connectivity index (χ3n) is 9.55. The van der Waals surface area contributed by atoms with E-state index in [1.54, 1.807) is 6.08 Å². The molecule has 0 bridgehead atoms. The van der Waals surface area contributed by atoms with Gasteiger partial charge in [-0.05, 0) is 67.3 Å². The molecule has 0 heterocycles. The molecule has 0 saturated heterocycles. The van der Waals surface area contributed by atoms with Crippen LogP contribution in [0.15, 0.2) is 11.6 Å². The van der Waals surface area contributed by atoms with Crippen LogP contribution in [0.2, 0.25) is 0 Å². The van der Waals surface area contributed by atoms with E-state index in [-0.39, 0.29) is 34.3 Å². The van der Waals surface area contributed by atoms with Crippen LogP contribution in [0.25, 0.3) is 0 Å². The van der Waals surface area contributed by atoms with E-state index in [9.17, 15) is 24.6 Å². The van der Waals surface area contributed by atoms with Gasteiger partial charge in [0.15, 0.2) is 12.4 Å². The monoisotopic (exact) mass is 452 g/mol. The summed E-state index contributed by atoms with van der Waals surface area (Å²) < 4.78 is 4.93. The zero-order valence-corrected chi connectivity index (χ0v) is 19.3. The summed E-state index contributed by atoms with van der Waals surface area (Å²) >= 11 is 5.45. The van der Waals surface area contributed by atoms with E-state index in [1.165, 1.54) is 0 Å². The number of hydrogen-bond donors (Lipinski definition) is 2. The molecule has 3 saturated carbocycles. The number of carbonyl (C=O) groups is 3. The fourth-order valence-corrected chi connectivity index (χ4v) is 8.24. The minimum atomic E-state index is -1.65. The lowest BCUT2D eigenvalue weighted by atomic mass is 9.40. The van der Waals surface area contributed by atoms with Gasteiger partial charge in [0, 0.05) is 11.8 Å². The lowest BCUT2D eigenvalue weighted by Gasteiger charge is -2.65. The number of aliphatic hydroxyl groups is 2. The molecule has 6 nitrogen and oxygen atoms in total. The highest BCUT2D eigenvalue weighted by atomic mass is 35.5. The lowest BCUT2D eigenvalue weighted by molar-refractivity contribution is -0.208.